The molecule has 0 spiro atoms. The lowest BCUT2D eigenvalue weighted by molar-refractivity contribution is -0.116. The smallest absolute Gasteiger partial charge is 0.226 e. The maximum Gasteiger partial charge on any atom is 0.226 e. The van der Waals surface area contributed by atoms with Crippen molar-refractivity contribution in [1.82, 2.24) is 4.98 Å². The first-order chi connectivity index (χ1) is 13.2. The molecule has 3 rings (SSSR count). The normalized spacial score (nSPS) is 11.5. The quantitative estimate of drug-likeness (QED) is 0.584. The first-order valence-corrected chi connectivity index (χ1v) is 11.5. The van der Waals surface area contributed by atoms with Crippen LogP contribution in [0.25, 0.3) is 10.2 Å². The molecule has 1 heterocycles. The number of ether oxygens (including phenoxy) is 1. The van der Waals surface area contributed by atoms with E-state index in [1.54, 1.807) is 12.1 Å². The molecule has 3 aromatic rings. The van der Waals surface area contributed by atoms with Crippen LogP contribution in [-0.2, 0) is 14.6 Å². The Morgan fingerprint density at radius 3 is 2.57 bits per heavy atom. The fourth-order valence-electron chi connectivity index (χ4n) is 2.81. The molecular formula is C20H22N2O4S2. The fourth-order valence-corrected chi connectivity index (χ4v) is 4.50. The molecular weight excluding hydrogens is 396 g/mol. The summed E-state index contributed by atoms with van der Waals surface area (Å²) in [5, 5.41) is 3.45. The minimum Gasteiger partial charge on any atom is -0.494 e. The van der Waals surface area contributed by atoms with Gasteiger partial charge in [0.25, 0.3) is 0 Å². The van der Waals surface area contributed by atoms with Crippen molar-refractivity contribution in [2.75, 3.05) is 18.2 Å². The SMILES string of the molecule is Cc1cc(C)c2nc(NC(=O)CCCOc3ccc(S(C)(=O)=O)cc3)sc2c1. The van der Waals surface area contributed by atoms with Crippen LogP contribution in [0.15, 0.2) is 41.3 Å². The molecule has 0 unspecified atom stereocenters. The molecule has 28 heavy (non-hydrogen) atoms. The molecule has 2 aromatic carbocycles. The highest BCUT2D eigenvalue weighted by Gasteiger charge is 2.10. The summed E-state index contributed by atoms with van der Waals surface area (Å²) < 4.78 is 29.5. The van der Waals surface area contributed by atoms with Crippen LogP contribution >= 0.6 is 11.3 Å². The summed E-state index contributed by atoms with van der Waals surface area (Å²) in [6.45, 7) is 4.42. The van der Waals surface area contributed by atoms with Crippen molar-refractivity contribution < 1.29 is 17.9 Å². The number of fused-ring (bicyclic) bond motifs is 1. The average Bonchev–Trinajstić information content (AvgIpc) is 3.01. The minimum absolute atomic E-state index is 0.107. The molecule has 0 saturated heterocycles. The number of carbonyl (C=O) groups excluding carboxylic acids is 1. The van der Waals surface area contributed by atoms with Crippen LogP contribution in [0, 0.1) is 13.8 Å². The lowest BCUT2D eigenvalue weighted by atomic mass is 10.1. The van der Waals surface area contributed by atoms with Crippen molar-refractivity contribution in [2.24, 2.45) is 0 Å². The number of thiazole rings is 1. The van der Waals surface area contributed by atoms with Crippen LogP contribution in [0.3, 0.4) is 0 Å². The molecule has 0 bridgehead atoms. The molecule has 1 amide bonds. The number of aryl methyl sites for hydroxylation is 2. The van der Waals surface area contributed by atoms with Crippen LogP contribution in [0.5, 0.6) is 5.75 Å². The van der Waals surface area contributed by atoms with Gasteiger partial charge in [0.05, 0.1) is 21.7 Å². The van der Waals surface area contributed by atoms with E-state index in [0.29, 0.717) is 30.3 Å². The second-order valence-electron chi connectivity index (χ2n) is 6.69. The lowest BCUT2D eigenvalue weighted by Gasteiger charge is -2.06. The zero-order valence-corrected chi connectivity index (χ0v) is 17.6. The Morgan fingerprint density at radius 2 is 1.89 bits per heavy atom. The van der Waals surface area contributed by atoms with Gasteiger partial charge in [-0.2, -0.15) is 0 Å². The van der Waals surface area contributed by atoms with E-state index in [1.807, 2.05) is 13.8 Å². The molecule has 0 radical (unpaired) electrons. The van der Waals surface area contributed by atoms with E-state index in [2.05, 4.69) is 22.4 Å². The van der Waals surface area contributed by atoms with E-state index >= 15 is 0 Å². The molecule has 0 fully saturated rings. The van der Waals surface area contributed by atoms with Crippen LogP contribution in [-0.4, -0.2) is 32.2 Å². The number of hydrogen-bond acceptors (Lipinski definition) is 6. The monoisotopic (exact) mass is 418 g/mol. The summed E-state index contributed by atoms with van der Waals surface area (Å²) in [5.41, 5.74) is 3.20. The van der Waals surface area contributed by atoms with Crippen molar-refractivity contribution in [1.29, 1.82) is 0 Å². The molecule has 1 aromatic heterocycles. The Morgan fingerprint density at radius 1 is 1.18 bits per heavy atom. The topological polar surface area (TPSA) is 85.4 Å². The first-order valence-electron chi connectivity index (χ1n) is 8.83. The highest BCUT2D eigenvalue weighted by molar-refractivity contribution is 7.90. The second-order valence-corrected chi connectivity index (χ2v) is 9.74. The summed E-state index contributed by atoms with van der Waals surface area (Å²) in [6, 6.07) is 10.4. The van der Waals surface area contributed by atoms with Crippen molar-refractivity contribution in [3.63, 3.8) is 0 Å². The van der Waals surface area contributed by atoms with Crippen molar-refractivity contribution >= 4 is 42.4 Å². The number of carbonyl (C=O) groups is 1. The number of amides is 1. The van der Waals surface area contributed by atoms with E-state index in [9.17, 15) is 13.2 Å². The molecule has 0 aliphatic heterocycles. The number of anilines is 1. The second kappa shape index (κ2) is 8.28. The highest BCUT2D eigenvalue weighted by Crippen LogP contribution is 2.29. The van der Waals surface area contributed by atoms with E-state index in [0.717, 1.165) is 22.0 Å². The highest BCUT2D eigenvalue weighted by atomic mass is 32.2. The number of aromatic nitrogens is 1. The standard InChI is InChI=1S/C20H22N2O4S2/c1-13-11-14(2)19-17(12-13)27-20(22-19)21-18(23)5-4-10-26-15-6-8-16(9-7-15)28(3,24)25/h6-9,11-12H,4-5,10H2,1-3H3,(H,21,22,23). The Hall–Kier alpha value is -2.45. The first kappa shape index (κ1) is 20.3. The van der Waals surface area contributed by atoms with Gasteiger partial charge in [-0.15, -0.1) is 0 Å². The molecule has 6 nitrogen and oxygen atoms in total. The molecule has 0 atom stereocenters. The van der Waals surface area contributed by atoms with Gasteiger partial charge in [-0.05, 0) is 61.7 Å². The summed E-state index contributed by atoms with van der Waals surface area (Å²) in [4.78, 5) is 16.9. The molecule has 148 valence electrons. The Kier molecular flexibility index (Phi) is 6.00. The third kappa shape index (κ3) is 5.08. The third-order valence-corrected chi connectivity index (χ3v) is 6.19. The van der Waals surface area contributed by atoms with Gasteiger partial charge in [0.15, 0.2) is 15.0 Å². The summed E-state index contributed by atoms with van der Waals surface area (Å²) in [7, 11) is -3.21. The molecule has 0 saturated carbocycles. The van der Waals surface area contributed by atoms with Crippen LogP contribution < -0.4 is 10.1 Å². The van der Waals surface area contributed by atoms with Gasteiger partial charge >= 0.3 is 0 Å². The van der Waals surface area contributed by atoms with Crippen LogP contribution in [0.4, 0.5) is 5.13 Å². The largest absolute Gasteiger partial charge is 0.494 e. The van der Waals surface area contributed by atoms with Crippen LogP contribution in [0.2, 0.25) is 0 Å². The Labute approximate surface area is 168 Å². The molecule has 0 aliphatic carbocycles. The zero-order chi connectivity index (χ0) is 20.3. The zero-order valence-electron chi connectivity index (χ0n) is 16.0. The van der Waals surface area contributed by atoms with E-state index < -0.39 is 9.84 Å². The summed E-state index contributed by atoms with van der Waals surface area (Å²) in [5.74, 6) is 0.467. The van der Waals surface area contributed by atoms with Gasteiger partial charge in [0.1, 0.15) is 5.75 Å². The maximum absolute atomic E-state index is 12.1. The van der Waals surface area contributed by atoms with Gasteiger partial charge in [-0.3, -0.25) is 4.79 Å². The van der Waals surface area contributed by atoms with Gasteiger partial charge in [0, 0.05) is 12.7 Å². The summed E-state index contributed by atoms with van der Waals surface area (Å²) in [6.07, 6.45) is 2.02. The number of sulfone groups is 1. The van der Waals surface area contributed by atoms with Gasteiger partial charge < -0.3 is 10.1 Å². The fraction of sp³-hybridized carbons (Fsp3) is 0.300. The van der Waals surface area contributed by atoms with E-state index in [-0.39, 0.29) is 10.8 Å². The number of nitrogens with one attached hydrogen (secondary N) is 1. The predicted octanol–water partition coefficient (Wildman–Crippen LogP) is 4.11. The number of rotatable bonds is 7. The molecule has 8 heteroatoms. The maximum atomic E-state index is 12.1. The predicted molar refractivity (Wildman–Crippen MR) is 112 cm³/mol. The van der Waals surface area contributed by atoms with Gasteiger partial charge in [-0.1, -0.05) is 17.4 Å². The molecule has 0 aliphatic rings. The van der Waals surface area contributed by atoms with Gasteiger partial charge in [-0.25, -0.2) is 13.4 Å². The minimum atomic E-state index is -3.21. The third-order valence-electron chi connectivity index (χ3n) is 4.14. The lowest BCUT2D eigenvalue weighted by Crippen LogP contribution is -2.12. The van der Waals surface area contributed by atoms with E-state index in [1.165, 1.54) is 29.0 Å². The number of hydrogen-bond donors (Lipinski definition) is 1. The van der Waals surface area contributed by atoms with E-state index in [4.69, 9.17) is 4.74 Å². The number of nitrogens with zero attached hydrogens (tertiary/aromatic N) is 1. The number of benzene rings is 2. The average molecular weight is 419 g/mol. The van der Waals surface area contributed by atoms with Crippen molar-refractivity contribution in [3.05, 3.63) is 47.5 Å². The van der Waals surface area contributed by atoms with Gasteiger partial charge in [0.2, 0.25) is 5.91 Å². The van der Waals surface area contributed by atoms with Crippen molar-refractivity contribution in [2.45, 2.75) is 31.6 Å². The van der Waals surface area contributed by atoms with Crippen LogP contribution in [0.1, 0.15) is 24.0 Å². The summed E-state index contributed by atoms with van der Waals surface area (Å²) >= 11 is 1.47. The Bertz CT molecular complexity index is 1100. The Balaban J connectivity index is 1.48. The molecule has 1 N–H and O–H groups in total. The van der Waals surface area contributed by atoms with Crippen molar-refractivity contribution in [3.8, 4) is 5.75 Å².